The van der Waals surface area contributed by atoms with Crippen molar-refractivity contribution < 1.29 is 9.53 Å². The van der Waals surface area contributed by atoms with Crippen LogP contribution in [0.5, 0.6) is 0 Å². The van der Waals surface area contributed by atoms with E-state index in [0.29, 0.717) is 17.8 Å². The number of allylic oxidation sites excluding steroid dienone is 2. The molecule has 0 amide bonds. The van der Waals surface area contributed by atoms with Crippen LogP contribution in [0.2, 0.25) is 0 Å². The Hall–Kier alpha value is -3.46. The third-order valence-corrected chi connectivity index (χ3v) is 5.92. The van der Waals surface area contributed by atoms with Crippen LogP contribution in [-0.2, 0) is 16.0 Å². The fourth-order valence-electron chi connectivity index (χ4n) is 4.57. The molecular formula is C30H31NO2. The topological polar surface area (TPSA) is 38.7 Å². The largest absolute Gasteiger partial charge is 0.488 e. The Bertz CT molecular complexity index is 1200. The van der Waals surface area contributed by atoms with E-state index in [1.165, 1.54) is 5.56 Å². The molecule has 33 heavy (non-hydrogen) atoms. The molecule has 3 aromatic rings. The Morgan fingerprint density at radius 2 is 1.45 bits per heavy atom. The number of hydrogen-bond donors (Lipinski definition) is 0. The standard InChI is InChI=1S/C30H31NO2/c1-19(2)33-30-26(24-14-10-7-11-15-24)29(32)25(18-23-12-8-6-9-13-23)28(30)31-27-21(4)16-20(3)17-22(27)5/h6-17,19,25H,18H2,1-5H3. The normalized spacial score (nSPS) is 17.3. The fraction of sp³-hybridized carbons (Fsp3) is 0.267. The fourth-order valence-corrected chi connectivity index (χ4v) is 4.57. The van der Waals surface area contributed by atoms with Gasteiger partial charge in [0.05, 0.1) is 29.0 Å². The van der Waals surface area contributed by atoms with Gasteiger partial charge in [0.1, 0.15) is 0 Å². The molecule has 0 bridgehead atoms. The summed E-state index contributed by atoms with van der Waals surface area (Å²) in [5.41, 5.74) is 7.67. The molecule has 3 aromatic carbocycles. The summed E-state index contributed by atoms with van der Waals surface area (Å²) in [7, 11) is 0. The zero-order chi connectivity index (χ0) is 23.5. The number of Topliss-reactive ketones (excluding diaryl/α,β-unsaturated/α-hetero) is 1. The van der Waals surface area contributed by atoms with Crippen LogP contribution in [-0.4, -0.2) is 17.6 Å². The molecule has 4 rings (SSSR count). The highest BCUT2D eigenvalue weighted by Crippen LogP contribution is 2.38. The first kappa shape index (κ1) is 22.7. The monoisotopic (exact) mass is 437 g/mol. The van der Waals surface area contributed by atoms with Crippen molar-refractivity contribution in [1.29, 1.82) is 0 Å². The van der Waals surface area contributed by atoms with E-state index in [0.717, 1.165) is 33.7 Å². The third kappa shape index (κ3) is 4.83. The Balaban J connectivity index is 1.93. The van der Waals surface area contributed by atoms with Crippen LogP contribution in [0.3, 0.4) is 0 Å². The van der Waals surface area contributed by atoms with Crippen molar-refractivity contribution in [1.82, 2.24) is 0 Å². The highest BCUT2D eigenvalue weighted by Gasteiger charge is 2.41. The van der Waals surface area contributed by atoms with Gasteiger partial charge in [-0.25, -0.2) is 4.99 Å². The molecule has 0 aliphatic heterocycles. The number of ketones is 1. The van der Waals surface area contributed by atoms with E-state index in [1.54, 1.807) is 0 Å². The van der Waals surface area contributed by atoms with Crippen molar-refractivity contribution in [3.63, 3.8) is 0 Å². The molecule has 168 valence electrons. The smallest absolute Gasteiger partial charge is 0.176 e. The van der Waals surface area contributed by atoms with Gasteiger partial charge in [0, 0.05) is 0 Å². The highest BCUT2D eigenvalue weighted by molar-refractivity contribution is 6.40. The number of benzene rings is 3. The van der Waals surface area contributed by atoms with Crippen LogP contribution >= 0.6 is 0 Å². The maximum Gasteiger partial charge on any atom is 0.176 e. The van der Waals surface area contributed by atoms with Gasteiger partial charge in [0.15, 0.2) is 11.5 Å². The van der Waals surface area contributed by atoms with Gasteiger partial charge < -0.3 is 4.74 Å². The summed E-state index contributed by atoms with van der Waals surface area (Å²) in [6, 6.07) is 24.2. The van der Waals surface area contributed by atoms with E-state index >= 15 is 0 Å². The van der Waals surface area contributed by atoms with Gasteiger partial charge in [-0.3, -0.25) is 4.79 Å². The summed E-state index contributed by atoms with van der Waals surface area (Å²) in [6.07, 6.45) is 0.511. The molecule has 0 heterocycles. The zero-order valence-corrected chi connectivity index (χ0v) is 20.1. The first-order valence-corrected chi connectivity index (χ1v) is 11.6. The summed E-state index contributed by atoms with van der Waals surface area (Å²) < 4.78 is 6.33. The first-order chi connectivity index (χ1) is 15.8. The summed E-state index contributed by atoms with van der Waals surface area (Å²) in [5, 5.41) is 0. The van der Waals surface area contributed by atoms with Gasteiger partial charge >= 0.3 is 0 Å². The third-order valence-electron chi connectivity index (χ3n) is 5.92. The van der Waals surface area contributed by atoms with Gasteiger partial charge in [-0.1, -0.05) is 78.4 Å². The molecule has 1 atom stereocenters. The van der Waals surface area contributed by atoms with Gasteiger partial charge in [-0.2, -0.15) is 0 Å². The second-order valence-corrected chi connectivity index (χ2v) is 9.09. The molecule has 1 aliphatic carbocycles. The Kier molecular flexibility index (Phi) is 6.60. The van der Waals surface area contributed by atoms with Crippen LogP contribution in [0.25, 0.3) is 5.57 Å². The highest BCUT2D eigenvalue weighted by atomic mass is 16.5. The van der Waals surface area contributed by atoms with E-state index < -0.39 is 5.92 Å². The van der Waals surface area contributed by atoms with Crippen molar-refractivity contribution in [3.8, 4) is 0 Å². The molecule has 0 aromatic heterocycles. The number of aryl methyl sites for hydroxylation is 3. The minimum atomic E-state index is -0.392. The summed E-state index contributed by atoms with van der Waals surface area (Å²) >= 11 is 0. The van der Waals surface area contributed by atoms with Crippen molar-refractivity contribution in [2.45, 2.75) is 47.1 Å². The summed E-state index contributed by atoms with van der Waals surface area (Å²) in [6.45, 7) is 10.2. The van der Waals surface area contributed by atoms with Gasteiger partial charge in [0.25, 0.3) is 0 Å². The van der Waals surface area contributed by atoms with Crippen LogP contribution in [0.4, 0.5) is 5.69 Å². The number of rotatable bonds is 6. The molecular weight excluding hydrogens is 406 g/mol. The number of ether oxygens (including phenoxy) is 1. The van der Waals surface area contributed by atoms with Crippen LogP contribution < -0.4 is 0 Å². The molecule has 1 unspecified atom stereocenters. The number of nitrogens with zero attached hydrogens (tertiary/aromatic N) is 1. The van der Waals surface area contributed by atoms with Gasteiger partial charge in [0.2, 0.25) is 0 Å². The molecule has 0 saturated carbocycles. The van der Waals surface area contributed by atoms with Crippen LogP contribution in [0.15, 0.2) is 83.5 Å². The summed E-state index contributed by atoms with van der Waals surface area (Å²) in [4.78, 5) is 19.1. The molecule has 3 heteroatoms. The lowest BCUT2D eigenvalue weighted by molar-refractivity contribution is -0.115. The van der Waals surface area contributed by atoms with E-state index in [9.17, 15) is 4.79 Å². The number of carbonyl (C=O) groups is 1. The van der Waals surface area contributed by atoms with Crippen molar-refractivity contribution in [3.05, 3.63) is 106 Å². The predicted molar refractivity (Wildman–Crippen MR) is 136 cm³/mol. The molecule has 0 saturated heterocycles. The molecule has 0 fully saturated rings. The average Bonchev–Trinajstić information content (AvgIpc) is 3.02. The predicted octanol–water partition coefficient (Wildman–Crippen LogP) is 6.96. The first-order valence-electron chi connectivity index (χ1n) is 11.6. The quantitative estimate of drug-likeness (QED) is 0.418. The second kappa shape index (κ2) is 9.58. The maximum atomic E-state index is 13.9. The van der Waals surface area contributed by atoms with Gasteiger partial charge in [-0.05, 0) is 63.3 Å². The van der Waals surface area contributed by atoms with Crippen molar-refractivity contribution in [2.75, 3.05) is 0 Å². The zero-order valence-electron chi connectivity index (χ0n) is 20.1. The van der Waals surface area contributed by atoms with E-state index in [1.807, 2.05) is 62.4 Å². The Morgan fingerprint density at radius 3 is 2.03 bits per heavy atom. The molecule has 0 N–H and O–H groups in total. The molecule has 3 nitrogen and oxygen atoms in total. The number of carbonyl (C=O) groups excluding carboxylic acids is 1. The molecule has 1 aliphatic rings. The van der Waals surface area contributed by atoms with Crippen LogP contribution in [0.1, 0.15) is 41.7 Å². The molecule has 0 radical (unpaired) electrons. The van der Waals surface area contributed by atoms with Crippen molar-refractivity contribution in [2.24, 2.45) is 10.9 Å². The summed E-state index contributed by atoms with van der Waals surface area (Å²) in [5.74, 6) is 0.292. The lowest BCUT2D eigenvalue weighted by Gasteiger charge is -2.17. The van der Waals surface area contributed by atoms with Gasteiger partial charge in [-0.15, -0.1) is 0 Å². The number of hydrogen-bond acceptors (Lipinski definition) is 3. The minimum absolute atomic E-state index is 0.0712. The van der Waals surface area contributed by atoms with Crippen LogP contribution in [0, 0.1) is 26.7 Å². The van der Waals surface area contributed by atoms with Crippen molar-refractivity contribution >= 4 is 22.8 Å². The SMILES string of the molecule is Cc1cc(C)c(N=C2C(OC(C)C)=C(c3ccccc3)C(=O)C2Cc2ccccc2)c(C)c1. The maximum absolute atomic E-state index is 13.9. The minimum Gasteiger partial charge on any atom is -0.488 e. The lowest BCUT2D eigenvalue weighted by Crippen LogP contribution is -2.22. The van der Waals surface area contributed by atoms with E-state index in [4.69, 9.17) is 9.73 Å². The average molecular weight is 438 g/mol. The van der Waals surface area contributed by atoms with E-state index in [2.05, 4.69) is 45.0 Å². The lowest BCUT2D eigenvalue weighted by atomic mass is 9.92. The van der Waals surface area contributed by atoms with E-state index in [-0.39, 0.29) is 11.9 Å². The second-order valence-electron chi connectivity index (χ2n) is 9.09. The number of aliphatic imine (C=N–C) groups is 1. The molecule has 0 spiro atoms. The Labute approximate surface area is 196 Å². The Morgan fingerprint density at radius 1 is 0.879 bits per heavy atom.